The molecular formula is C13H17N2NaO7S. The largest absolute Gasteiger partial charge is 1.00 e. The zero-order chi connectivity index (χ0) is 17.3. The zero-order valence-electron chi connectivity index (χ0n) is 13.2. The van der Waals surface area contributed by atoms with E-state index in [-0.39, 0.29) is 34.3 Å². The van der Waals surface area contributed by atoms with Gasteiger partial charge in [0.25, 0.3) is 5.56 Å². The number of aryl methyl sites for hydroxylation is 1. The minimum absolute atomic E-state index is 0. The normalized spacial score (nSPS) is 29.8. The average Bonchev–Trinajstić information content (AvgIpc) is 2.46. The van der Waals surface area contributed by atoms with Gasteiger partial charge in [0.2, 0.25) is 0 Å². The molecule has 1 aromatic heterocycles. The van der Waals surface area contributed by atoms with Gasteiger partial charge in [-0.3, -0.25) is 14.3 Å². The van der Waals surface area contributed by atoms with Crippen molar-refractivity contribution in [3.05, 3.63) is 26.9 Å². The Morgan fingerprint density at radius 2 is 2.00 bits per heavy atom. The van der Waals surface area contributed by atoms with E-state index in [9.17, 15) is 30.0 Å². The summed E-state index contributed by atoms with van der Waals surface area (Å²) in [6.07, 6.45) is -7.44. The number of carbonyl (C=O) groups excluding carboxylic acids is 1. The van der Waals surface area contributed by atoms with Gasteiger partial charge < -0.3 is 30.0 Å². The SMILES string of the molecule is CCCc1cc(=O)[nH]c(=S)n1[C@@H]1O[C@H](C(=O)[O-])[C@@H](O)[C@H](O)[C@H]1O.[Na+]. The van der Waals surface area contributed by atoms with Gasteiger partial charge in [0.15, 0.2) is 11.0 Å². The number of hydrogen-bond donors (Lipinski definition) is 4. The third kappa shape index (κ3) is 4.14. The minimum atomic E-state index is -1.85. The Bertz CT molecular complexity index is 706. The summed E-state index contributed by atoms with van der Waals surface area (Å²) in [5.41, 5.74) is -0.0389. The molecule has 0 amide bonds. The Hall–Kier alpha value is -0.590. The standard InChI is InChI=1S/C13H18N2O7S.Na/c1-2-3-5-4-6(16)14-13(23)15(5)11-9(19)7(17)8(18)10(22-11)12(20)21;/h4,7-11,17-19H,2-3H2,1H3,(H,20,21)(H,14,16,23);/q;+1/p-1/t7-,8-,9+,10-,11+;/m0./s1. The Morgan fingerprint density at radius 3 is 2.54 bits per heavy atom. The maximum Gasteiger partial charge on any atom is 1.00 e. The van der Waals surface area contributed by atoms with Gasteiger partial charge in [-0.05, 0) is 18.6 Å². The van der Waals surface area contributed by atoms with Crippen LogP contribution in [-0.2, 0) is 16.0 Å². The Kier molecular flexibility index (Phi) is 7.75. The number of hydrogen-bond acceptors (Lipinski definition) is 8. The van der Waals surface area contributed by atoms with Gasteiger partial charge in [0, 0.05) is 11.8 Å². The molecule has 0 spiro atoms. The van der Waals surface area contributed by atoms with Crippen molar-refractivity contribution >= 4 is 18.2 Å². The van der Waals surface area contributed by atoms with Gasteiger partial charge in [-0.25, -0.2) is 0 Å². The van der Waals surface area contributed by atoms with Gasteiger partial charge in [-0.1, -0.05) is 13.3 Å². The Morgan fingerprint density at radius 1 is 1.38 bits per heavy atom. The molecule has 9 nitrogen and oxygen atoms in total. The maximum absolute atomic E-state index is 11.6. The molecule has 24 heavy (non-hydrogen) atoms. The molecule has 11 heteroatoms. The van der Waals surface area contributed by atoms with E-state index in [2.05, 4.69) is 4.98 Å². The van der Waals surface area contributed by atoms with Crippen molar-refractivity contribution < 1.29 is 59.5 Å². The number of rotatable bonds is 4. The summed E-state index contributed by atoms with van der Waals surface area (Å²) < 4.78 is 6.33. The predicted molar refractivity (Wildman–Crippen MR) is 76.8 cm³/mol. The van der Waals surface area contributed by atoms with Crippen molar-refractivity contribution in [3.8, 4) is 0 Å². The number of H-pyrrole nitrogens is 1. The minimum Gasteiger partial charge on any atom is -0.547 e. The number of aromatic amines is 1. The maximum atomic E-state index is 11.6. The number of nitrogens with zero attached hydrogens (tertiary/aromatic N) is 1. The fourth-order valence-corrected chi connectivity index (χ4v) is 2.87. The fraction of sp³-hybridized carbons (Fsp3) is 0.615. The third-order valence-electron chi connectivity index (χ3n) is 3.64. The molecule has 0 bridgehead atoms. The number of aliphatic hydroxyl groups excluding tert-OH is 3. The molecule has 1 aliphatic heterocycles. The van der Waals surface area contributed by atoms with Crippen LogP contribution in [0.2, 0.25) is 0 Å². The van der Waals surface area contributed by atoms with Gasteiger partial charge in [-0.15, -0.1) is 0 Å². The number of carbonyl (C=O) groups is 1. The first-order valence-electron chi connectivity index (χ1n) is 7.03. The number of aliphatic carboxylic acids is 1. The van der Waals surface area contributed by atoms with Crippen LogP contribution in [-0.4, -0.2) is 55.3 Å². The van der Waals surface area contributed by atoms with Crippen LogP contribution in [0.3, 0.4) is 0 Å². The van der Waals surface area contributed by atoms with Crippen molar-refractivity contribution in [1.29, 1.82) is 0 Å². The molecule has 0 aliphatic carbocycles. The molecule has 1 fully saturated rings. The molecule has 1 saturated heterocycles. The Balaban J connectivity index is 0.00000288. The van der Waals surface area contributed by atoms with Gasteiger partial charge in [-0.2, -0.15) is 0 Å². The number of aliphatic hydroxyl groups is 3. The van der Waals surface area contributed by atoms with Crippen LogP contribution >= 0.6 is 12.2 Å². The number of carboxylic acids is 1. The van der Waals surface area contributed by atoms with Crippen LogP contribution in [0.25, 0.3) is 0 Å². The quantitative estimate of drug-likeness (QED) is 0.304. The second-order valence-electron chi connectivity index (χ2n) is 5.29. The Labute approximate surface area is 164 Å². The summed E-state index contributed by atoms with van der Waals surface area (Å²) in [6.45, 7) is 1.86. The van der Waals surface area contributed by atoms with Crippen molar-refractivity contribution in [2.24, 2.45) is 0 Å². The van der Waals surface area contributed by atoms with Crippen LogP contribution in [0.1, 0.15) is 25.3 Å². The number of aromatic nitrogens is 2. The summed E-state index contributed by atoms with van der Waals surface area (Å²) in [5.74, 6) is -1.73. The molecular weight excluding hydrogens is 351 g/mol. The molecule has 2 heterocycles. The molecule has 0 aromatic carbocycles. The molecule has 0 saturated carbocycles. The van der Waals surface area contributed by atoms with E-state index < -0.39 is 42.2 Å². The van der Waals surface area contributed by atoms with Crippen molar-refractivity contribution in [2.45, 2.75) is 50.4 Å². The number of ether oxygens (including phenoxy) is 1. The van der Waals surface area contributed by atoms with Crippen LogP contribution in [0, 0.1) is 4.77 Å². The molecule has 1 aliphatic rings. The second-order valence-corrected chi connectivity index (χ2v) is 5.67. The van der Waals surface area contributed by atoms with Crippen LogP contribution in [0.15, 0.2) is 10.9 Å². The van der Waals surface area contributed by atoms with E-state index in [4.69, 9.17) is 17.0 Å². The first kappa shape index (κ1) is 21.5. The summed E-state index contributed by atoms with van der Waals surface area (Å²) in [4.78, 5) is 25.0. The van der Waals surface area contributed by atoms with E-state index in [0.29, 0.717) is 18.5 Å². The van der Waals surface area contributed by atoms with E-state index >= 15 is 0 Å². The van der Waals surface area contributed by atoms with Crippen molar-refractivity contribution in [3.63, 3.8) is 0 Å². The van der Waals surface area contributed by atoms with E-state index in [1.807, 2.05) is 6.92 Å². The van der Waals surface area contributed by atoms with Crippen LogP contribution in [0.5, 0.6) is 0 Å². The smallest absolute Gasteiger partial charge is 0.547 e. The van der Waals surface area contributed by atoms with Gasteiger partial charge in [0.1, 0.15) is 24.4 Å². The summed E-state index contributed by atoms with van der Waals surface area (Å²) in [5, 5.41) is 40.8. The zero-order valence-corrected chi connectivity index (χ0v) is 16.0. The second kappa shape index (κ2) is 8.68. The van der Waals surface area contributed by atoms with Gasteiger partial charge >= 0.3 is 29.6 Å². The topological polar surface area (TPSA) is 148 Å². The predicted octanol–water partition coefficient (Wildman–Crippen LogP) is -5.41. The molecule has 2 rings (SSSR count). The average molecular weight is 368 g/mol. The molecule has 128 valence electrons. The summed E-state index contributed by atoms with van der Waals surface area (Å²) in [6, 6.07) is 1.25. The van der Waals surface area contributed by atoms with Gasteiger partial charge in [0.05, 0.1) is 5.97 Å². The van der Waals surface area contributed by atoms with E-state index in [0.717, 1.165) is 0 Å². The monoisotopic (exact) mass is 368 g/mol. The van der Waals surface area contributed by atoms with Crippen LogP contribution < -0.4 is 40.2 Å². The summed E-state index contributed by atoms with van der Waals surface area (Å²) >= 11 is 5.06. The molecule has 0 unspecified atom stereocenters. The first-order chi connectivity index (χ1) is 10.8. The third-order valence-corrected chi connectivity index (χ3v) is 3.94. The molecule has 0 radical (unpaired) electrons. The van der Waals surface area contributed by atoms with Crippen molar-refractivity contribution in [1.82, 2.24) is 9.55 Å². The first-order valence-corrected chi connectivity index (χ1v) is 7.44. The molecule has 5 atom stereocenters. The molecule has 1 aromatic rings. The molecule has 4 N–H and O–H groups in total. The van der Waals surface area contributed by atoms with E-state index in [1.54, 1.807) is 0 Å². The van der Waals surface area contributed by atoms with Crippen LogP contribution in [0.4, 0.5) is 0 Å². The summed E-state index contributed by atoms with van der Waals surface area (Å²) in [7, 11) is 0. The number of nitrogens with one attached hydrogen (secondary N) is 1. The number of carboxylic acid groups (broad SMARTS) is 1. The van der Waals surface area contributed by atoms with Crippen molar-refractivity contribution in [2.75, 3.05) is 0 Å². The van der Waals surface area contributed by atoms with E-state index in [1.165, 1.54) is 10.6 Å². The fourth-order valence-electron chi connectivity index (χ4n) is 2.55.